The van der Waals surface area contributed by atoms with Gasteiger partial charge in [-0.3, -0.25) is 4.79 Å². The highest BCUT2D eigenvalue weighted by molar-refractivity contribution is 5.87. The van der Waals surface area contributed by atoms with Crippen LogP contribution < -0.4 is 0 Å². The fraction of sp³-hybridized carbons (Fsp3) is 0.500. The summed E-state index contributed by atoms with van der Waals surface area (Å²) in [6.45, 7) is 3.06. The fourth-order valence-electron chi connectivity index (χ4n) is 1.77. The van der Waals surface area contributed by atoms with Crippen molar-refractivity contribution in [2.24, 2.45) is 0 Å². The Labute approximate surface area is 102 Å². The van der Waals surface area contributed by atoms with Gasteiger partial charge in [-0.15, -0.1) is 0 Å². The number of carbonyl (C=O) groups excluding carboxylic acids is 1. The predicted octanol–water partition coefficient (Wildman–Crippen LogP) is 1.71. The van der Waals surface area contributed by atoms with E-state index in [9.17, 15) is 15.0 Å². The minimum absolute atomic E-state index is 0.232. The minimum atomic E-state index is -1.64. The number of hydrogen-bond acceptors (Lipinski definition) is 3. The van der Waals surface area contributed by atoms with Crippen molar-refractivity contribution in [3.8, 4) is 0 Å². The molecule has 0 aromatic heterocycles. The van der Waals surface area contributed by atoms with Crippen molar-refractivity contribution in [3.63, 3.8) is 0 Å². The number of rotatable bonds is 6. The molecule has 0 amide bonds. The topological polar surface area (TPSA) is 57.5 Å². The normalized spacial score (nSPS) is 16.2. The highest BCUT2D eigenvalue weighted by atomic mass is 16.3. The molecule has 17 heavy (non-hydrogen) atoms. The highest BCUT2D eigenvalue weighted by Crippen LogP contribution is 2.18. The molecule has 1 aromatic carbocycles. The van der Waals surface area contributed by atoms with Gasteiger partial charge >= 0.3 is 0 Å². The lowest BCUT2D eigenvalue weighted by Crippen LogP contribution is -2.46. The van der Waals surface area contributed by atoms with Crippen LogP contribution in [-0.2, 0) is 11.2 Å². The van der Waals surface area contributed by atoms with Crippen LogP contribution in [0, 0.1) is 0 Å². The summed E-state index contributed by atoms with van der Waals surface area (Å²) in [5.74, 6) is -0.321. The Kier molecular flexibility index (Phi) is 4.85. The molecule has 0 heterocycles. The zero-order valence-electron chi connectivity index (χ0n) is 10.4. The maximum absolute atomic E-state index is 11.5. The van der Waals surface area contributed by atoms with Crippen molar-refractivity contribution in [2.45, 2.75) is 44.8 Å². The summed E-state index contributed by atoms with van der Waals surface area (Å²) in [5.41, 5.74) is -0.546. The Balaban J connectivity index is 2.55. The molecule has 0 spiro atoms. The molecule has 0 bridgehead atoms. The average Bonchev–Trinajstić information content (AvgIpc) is 2.35. The lowest BCUT2D eigenvalue weighted by Gasteiger charge is -2.27. The molecular weight excluding hydrogens is 216 g/mol. The number of benzene rings is 1. The van der Waals surface area contributed by atoms with E-state index in [2.05, 4.69) is 0 Å². The second kappa shape index (κ2) is 5.94. The third-order valence-electron chi connectivity index (χ3n) is 3.08. The second-order valence-corrected chi connectivity index (χ2v) is 4.46. The number of aryl methyl sites for hydroxylation is 1. The number of aliphatic hydroxyl groups is 2. The lowest BCUT2D eigenvalue weighted by atomic mass is 9.89. The summed E-state index contributed by atoms with van der Waals surface area (Å²) in [6, 6.07) is 9.71. The Bertz CT molecular complexity index is 357. The molecular formula is C14H20O3. The molecule has 0 aliphatic carbocycles. The van der Waals surface area contributed by atoms with Gasteiger partial charge in [0.1, 0.15) is 5.60 Å². The van der Waals surface area contributed by atoms with Crippen molar-refractivity contribution in [3.05, 3.63) is 35.9 Å². The SMILES string of the molecule is CCC(=O)C(C)(O)C(O)CCc1ccccc1. The first kappa shape index (κ1) is 13.9. The van der Waals surface area contributed by atoms with Crippen molar-refractivity contribution in [1.82, 2.24) is 0 Å². The molecule has 1 rings (SSSR count). The summed E-state index contributed by atoms with van der Waals surface area (Å²) in [7, 11) is 0. The smallest absolute Gasteiger partial charge is 0.166 e. The van der Waals surface area contributed by atoms with E-state index in [1.165, 1.54) is 6.92 Å². The number of hydrogen-bond donors (Lipinski definition) is 2. The molecule has 0 radical (unpaired) electrons. The monoisotopic (exact) mass is 236 g/mol. The van der Waals surface area contributed by atoms with Crippen LogP contribution in [0.1, 0.15) is 32.3 Å². The van der Waals surface area contributed by atoms with Crippen molar-refractivity contribution in [2.75, 3.05) is 0 Å². The number of aliphatic hydroxyl groups excluding tert-OH is 1. The third-order valence-corrected chi connectivity index (χ3v) is 3.08. The third kappa shape index (κ3) is 3.65. The molecule has 0 saturated heterocycles. The number of Topliss-reactive ketones (excluding diaryl/α,β-unsaturated/α-hetero) is 1. The first-order valence-corrected chi connectivity index (χ1v) is 5.96. The van der Waals surface area contributed by atoms with Crippen LogP contribution in [0.5, 0.6) is 0 Å². The van der Waals surface area contributed by atoms with Gasteiger partial charge in [-0.05, 0) is 25.3 Å². The van der Waals surface area contributed by atoms with E-state index in [0.29, 0.717) is 12.8 Å². The van der Waals surface area contributed by atoms with Crippen LogP contribution in [0.2, 0.25) is 0 Å². The van der Waals surface area contributed by atoms with Gasteiger partial charge in [0, 0.05) is 6.42 Å². The summed E-state index contributed by atoms with van der Waals surface area (Å²) < 4.78 is 0. The summed E-state index contributed by atoms with van der Waals surface area (Å²) in [5, 5.41) is 19.8. The van der Waals surface area contributed by atoms with E-state index < -0.39 is 11.7 Å². The zero-order valence-corrected chi connectivity index (χ0v) is 10.4. The largest absolute Gasteiger partial charge is 0.390 e. The quantitative estimate of drug-likeness (QED) is 0.790. The molecule has 1 aromatic rings. The number of carbonyl (C=O) groups is 1. The first-order valence-electron chi connectivity index (χ1n) is 5.96. The van der Waals surface area contributed by atoms with E-state index in [0.717, 1.165) is 5.56 Å². The van der Waals surface area contributed by atoms with Gasteiger partial charge in [0.25, 0.3) is 0 Å². The number of ketones is 1. The van der Waals surface area contributed by atoms with Crippen LogP contribution >= 0.6 is 0 Å². The van der Waals surface area contributed by atoms with Crippen molar-refractivity contribution >= 4 is 5.78 Å². The Morgan fingerprint density at radius 2 is 1.94 bits per heavy atom. The molecule has 2 N–H and O–H groups in total. The highest BCUT2D eigenvalue weighted by Gasteiger charge is 2.36. The van der Waals surface area contributed by atoms with Crippen LogP contribution in [0.25, 0.3) is 0 Å². The van der Waals surface area contributed by atoms with Crippen molar-refractivity contribution < 1.29 is 15.0 Å². The van der Waals surface area contributed by atoms with E-state index in [1.54, 1.807) is 6.92 Å². The molecule has 94 valence electrons. The minimum Gasteiger partial charge on any atom is -0.390 e. The summed E-state index contributed by atoms with van der Waals surface area (Å²) >= 11 is 0. The summed E-state index contributed by atoms with van der Waals surface area (Å²) in [4.78, 5) is 11.5. The molecule has 3 heteroatoms. The van der Waals surface area contributed by atoms with Gasteiger partial charge in [0.05, 0.1) is 6.10 Å². The zero-order chi connectivity index (χ0) is 12.9. The van der Waals surface area contributed by atoms with Crippen LogP contribution in [0.15, 0.2) is 30.3 Å². The Morgan fingerprint density at radius 3 is 2.47 bits per heavy atom. The lowest BCUT2D eigenvalue weighted by molar-refractivity contribution is -0.147. The van der Waals surface area contributed by atoms with Gasteiger partial charge < -0.3 is 10.2 Å². The maximum atomic E-state index is 11.5. The van der Waals surface area contributed by atoms with Gasteiger partial charge in [0.2, 0.25) is 0 Å². The van der Waals surface area contributed by atoms with Crippen LogP contribution in [-0.4, -0.2) is 27.7 Å². The van der Waals surface area contributed by atoms with Crippen molar-refractivity contribution in [1.29, 1.82) is 0 Å². The molecule has 0 aliphatic rings. The van der Waals surface area contributed by atoms with Gasteiger partial charge in [0.15, 0.2) is 5.78 Å². The van der Waals surface area contributed by atoms with E-state index in [-0.39, 0.29) is 12.2 Å². The van der Waals surface area contributed by atoms with E-state index in [4.69, 9.17) is 0 Å². The average molecular weight is 236 g/mol. The molecule has 0 fully saturated rings. The predicted molar refractivity (Wildman–Crippen MR) is 66.7 cm³/mol. The molecule has 2 unspecified atom stereocenters. The molecule has 2 atom stereocenters. The van der Waals surface area contributed by atoms with Gasteiger partial charge in [-0.25, -0.2) is 0 Å². The fourth-order valence-corrected chi connectivity index (χ4v) is 1.77. The molecule has 0 aliphatic heterocycles. The maximum Gasteiger partial charge on any atom is 0.166 e. The second-order valence-electron chi connectivity index (χ2n) is 4.46. The molecule has 3 nitrogen and oxygen atoms in total. The standard InChI is InChI=1S/C14H20O3/c1-3-12(15)14(2,17)13(16)10-9-11-7-5-4-6-8-11/h4-8,13,16-17H,3,9-10H2,1-2H3. The van der Waals surface area contributed by atoms with Crippen LogP contribution in [0.4, 0.5) is 0 Å². The summed E-state index contributed by atoms with van der Waals surface area (Å²) in [6.07, 6.45) is 0.239. The van der Waals surface area contributed by atoms with Gasteiger partial charge in [-0.1, -0.05) is 37.3 Å². The Hall–Kier alpha value is -1.19. The van der Waals surface area contributed by atoms with E-state index >= 15 is 0 Å². The molecule has 0 saturated carbocycles. The van der Waals surface area contributed by atoms with Gasteiger partial charge in [-0.2, -0.15) is 0 Å². The Morgan fingerprint density at radius 1 is 1.35 bits per heavy atom. The first-order chi connectivity index (χ1) is 7.98. The van der Waals surface area contributed by atoms with Crippen LogP contribution in [0.3, 0.4) is 0 Å². The van der Waals surface area contributed by atoms with E-state index in [1.807, 2.05) is 30.3 Å².